The maximum absolute atomic E-state index is 13.7. The lowest BCUT2D eigenvalue weighted by molar-refractivity contribution is 0.288. The molecule has 6 heteroatoms. The van der Waals surface area contributed by atoms with Gasteiger partial charge in [-0.2, -0.15) is 0 Å². The van der Waals surface area contributed by atoms with E-state index in [2.05, 4.69) is 10.3 Å². The molecule has 0 unspecified atom stereocenters. The molecule has 2 aromatic rings. The largest absolute Gasteiger partial charge is 0.490 e. The maximum Gasteiger partial charge on any atom is 0.167 e. The summed E-state index contributed by atoms with van der Waals surface area (Å²) in [6.45, 7) is 4.84. The molecule has 0 spiro atoms. The fourth-order valence-corrected chi connectivity index (χ4v) is 1.92. The highest BCUT2D eigenvalue weighted by molar-refractivity contribution is 6.30. The summed E-state index contributed by atoms with van der Waals surface area (Å²) >= 11 is 5.68. The van der Waals surface area contributed by atoms with Gasteiger partial charge >= 0.3 is 0 Å². The molecule has 1 heterocycles. The topological polar surface area (TPSA) is 43.4 Å². The first-order chi connectivity index (χ1) is 10.1. The second kappa shape index (κ2) is 7.13. The zero-order chi connectivity index (χ0) is 15.2. The van der Waals surface area contributed by atoms with Crippen molar-refractivity contribution in [2.75, 3.05) is 18.5 Å². The molecule has 112 valence electrons. The average Bonchev–Trinajstić information content (AvgIpc) is 2.45. The Kier molecular flexibility index (Phi) is 5.22. The predicted octanol–water partition coefficient (Wildman–Crippen LogP) is 4.42. The zero-order valence-corrected chi connectivity index (χ0v) is 12.6. The van der Waals surface area contributed by atoms with Gasteiger partial charge in [-0.15, -0.1) is 0 Å². The van der Waals surface area contributed by atoms with E-state index in [9.17, 15) is 4.39 Å². The van der Waals surface area contributed by atoms with Gasteiger partial charge in [0.25, 0.3) is 0 Å². The number of ether oxygens (including phenoxy) is 2. The molecule has 1 aromatic heterocycles. The minimum Gasteiger partial charge on any atom is -0.490 e. The van der Waals surface area contributed by atoms with E-state index >= 15 is 0 Å². The molecule has 21 heavy (non-hydrogen) atoms. The summed E-state index contributed by atoms with van der Waals surface area (Å²) in [4.78, 5) is 3.92. The van der Waals surface area contributed by atoms with E-state index < -0.39 is 5.82 Å². The maximum atomic E-state index is 13.7. The van der Waals surface area contributed by atoms with Crippen molar-refractivity contribution < 1.29 is 13.9 Å². The van der Waals surface area contributed by atoms with Gasteiger partial charge in [-0.1, -0.05) is 11.6 Å². The van der Waals surface area contributed by atoms with Crippen LogP contribution in [0.5, 0.6) is 11.5 Å². The fourth-order valence-electron chi connectivity index (χ4n) is 1.77. The van der Waals surface area contributed by atoms with Crippen LogP contribution in [0.2, 0.25) is 5.02 Å². The van der Waals surface area contributed by atoms with Crippen molar-refractivity contribution in [1.82, 2.24) is 4.98 Å². The normalized spacial score (nSPS) is 10.3. The number of hydrogen-bond donors (Lipinski definition) is 1. The quantitative estimate of drug-likeness (QED) is 0.858. The van der Waals surface area contributed by atoms with E-state index in [1.807, 2.05) is 13.8 Å². The smallest absolute Gasteiger partial charge is 0.167 e. The Balaban J connectivity index is 2.25. The predicted molar refractivity (Wildman–Crippen MR) is 81.3 cm³/mol. The first-order valence-corrected chi connectivity index (χ1v) is 6.99. The molecular weight excluding hydrogens is 295 g/mol. The Hall–Kier alpha value is -2.01. The van der Waals surface area contributed by atoms with Crippen molar-refractivity contribution >= 4 is 23.1 Å². The van der Waals surface area contributed by atoms with Gasteiger partial charge in [0, 0.05) is 18.0 Å². The van der Waals surface area contributed by atoms with Crippen LogP contribution in [0.3, 0.4) is 0 Å². The van der Waals surface area contributed by atoms with Gasteiger partial charge in [-0.3, -0.25) is 0 Å². The number of nitrogens with zero attached hydrogens (tertiary/aromatic N) is 1. The third-order valence-electron chi connectivity index (χ3n) is 2.61. The van der Waals surface area contributed by atoms with E-state index in [1.165, 1.54) is 12.3 Å². The Morgan fingerprint density at radius 2 is 1.86 bits per heavy atom. The third-order valence-corrected chi connectivity index (χ3v) is 2.82. The van der Waals surface area contributed by atoms with Crippen LogP contribution >= 0.6 is 11.6 Å². The molecule has 0 bridgehead atoms. The van der Waals surface area contributed by atoms with Crippen LogP contribution in [0.25, 0.3) is 0 Å². The second-order valence-corrected chi connectivity index (χ2v) is 4.57. The molecule has 0 amide bonds. The highest BCUT2D eigenvalue weighted by Gasteiger charge is 2.09. The Morgan fingerprint density at radius 3 is 2.52 bits per heavy atom. The van der Waals surface area contributed by atoms with Gasteiger partial charge in [-0.25, -0.2) is 9.37 Å². The van der Waals surface area contributed by atoms with Crippen molar-refractivity contribution in [2.24, 2.45) is 0 Å². The fraction of sp³-hybridized carbons (Fsp3) is 0.267. The molecule has 0 atom stereocenters. The molecule has 1 aromatic carbocycles. The number of hydrogen-bond acceptors (Lipinski definition) is 4. The average molecular weight is 311 g/mol. The molecule has 4 nitrogen and oxygen atoms in total. The van der Waals surface area contributed by atoms with Crippen LogP contribution in [0.4, 0.5) is 15.9 Å². The molecule has 2 rings (SSSR count). The molecule has 0 saturated carbocycles. The van der Waals surface area contributed by atoms with Crippen molar-refractivity contribution in [1.29, 1.82) is 0 Å². The van der Waals surface area contributed by atoms with Gasteiger partial charge in [0.05, 0.1) is 18.2 Å². The van der Waals surface area contributed by atoms with E-state index in [-0.39, 0.29) is 10.8 Å². The first-order valence-electron chi connectivity index (χ1n) is 6.61. The summed E-state index contributed by atoms with van der Waals surface area (Å²) in [6.07, 6.45) is 1.38. The van der Waals surface area contributed by atoms with Gasteiger partial charge in [-0.05, 0) is 32.0 Å². The van der Waals surface area contributed by atoms with Crippen LogP contribution in [-0.2, 0) is 0 Å². The minimum atomic E-state index is -0.519. The van der Waals surface area contributed by atoms with Gasteiger partial charge in [0.2, 0.25) is 0 Å². The number of halogens is 2. The summed E-state index contributed by atoms with van der Waals surface area (Å²) in [5.74, 6) is 0.827. The van der Waals surface area contributed by atoms with Gasteiger partial charge in [0.1, 0.15) is 0 Å². The van der Waals surface area contributed by atoms with Crippen molar-refractivity contribution in [3.63, 3.8) is 0 Å². The Bertz CT molecular complexity index is 623. The van der Waals surface area contributed by atoms with Crippen molar-refractivity contribution in [3.8, 4) is 11.5 Å². The summed E-state index contributed by atoms with van der Waals surface area (Å²) in [7, 11) is 0. The van der Waals surface area contributed by atoms with Crippen LogP contribution in [0, 0.1) is 5.82 Å². The highest BCUT2D eigenvalue weighted by atomic mass is 35.5. The molecule has 0 saturated heterocycles. The zero-order valence-electron chi connectivity index (χ0n) is 11.8. The molecular formula is C15H16ClFN2O2. The number of aromatic nitrogens is 1. The van der Waals surface area contributed by atoms with Crippen LogP contribution in [0.1, 0.15) is 13.8 Å². The SMILES string of the molecule is CCOc1ccc(Nc2ncc(Cl)cc2F)cc1OCC. The first kappa shape index (κ1) is 15.4. The molecule has 1 N–H and O–H groups in total. The van der Waals surface area contributed by atoms with Crippen molar-refractivity contribution in [2.45, 2.75) is 13.8 Å². The highest BCUT2D eigenvalue weighted by Crippen LogP contribution is 2.32. The lowest BCUT2D eigenvalue weighted by Crippen LogP contribution is -2.01. The number of benzene rings is 1. The van der Waals surface area contributed by atoms with E-state index in [0.29, 0.717) is 30.4 Å². The molecule has 0 aliphatic rings. The number of nitrogens with one attached hydrogen (secondary N) is 1. The lowest BCUT2D eigenvalue weighted by Gasteiger charge is -2.13. The van der Waals surface area contributed by atoms with Gasteiger partial charge < -0.3 is 14.8 Å². The van der Waals surface area contributed by atoms with E-state index in [4.69, 9.17) is 21.1 Å². The standard InChI is InChI=1S/C15H16ClFN2O2/c1-3-20-13-6-5-11(8-14(13)21-4-2)19-15-12(17)7-10(16)9-18-15/h5-9H,3-4H2,1-2H3,(H,18,19). The van der Waals surface area contributed by atoms with Crippen LogP contribution in [-0.4, -0.2) is 18.2 Å². The van der Waals surface area contributed by atoms with E-state index in [1.54, 1.807) is 18.2 Å². The summed E-state index contributed by atoms with van der Waals surface area (Å²) in [6, 6.07) is 6.48. The summed E-state index contributed by atoms with van der Waals surface area (Å²) in [5, 5.41) is 3.14. The number of anilines is 2. The lowest BCUT2D eigenvalue weighted by atomic mass is 10.2. The van der Waals surface area contributed by atoms with Crippen molar-refractivity contribution in [3.05, 3.63) is 41.3 Å². The summed E-state index contributed by atoms with van der Waals surface area (Å²) < 4.78 is 24.7. The molecule has 0 fully saturated rings. The minimum absolute atomic E-state index is 0.103. The second-order valence-electron chi connectivity index (χ2n) is 4.14. The molecule has 0 aliphatic heterocycles. The molecule has 0 radical (unpaired) electrons. The summed E-state index contributed by atoms with van der Waals surface area (Å²) in [5.41, 5.74) is 0.649. The van der Waals surface area contributed by atoms with Crippen LogP contribution in [0.15, 0.2) is 30.5 Å². The molecule has 0 aliphatic carbocycles. The number of pyridine rings is 1. The third kappa shape index (κ3) is 3.98. The van der Waals surface area contributed by atoms with Crippen LogP contribution < -0.4 is 14.8 Å². The van der Waals surface area contributed by atoms with E-state index in [0.717, 1.165) is 0 Å². The Labute approximate surface area is 127 Å². The number of rotatable bonds is 6. The monoisotopic (exact) mass is 310 g/mol. The Morgan fingerprint density at radius 1 is 1.14 bits per heavy atom. The van der Waals surface area contributed by atoms with Gasteiger partial charge in [0.15, 0.2) is 23.1 Å².